The van der Waals surface area contributed by atoms with E-state index in [0.29, 0.717) is 11.3 Å². The van der Waals surface area contributed by atoms with E-state index in [1.807, 2.05) is 6.07 Å². The fraction of sp³-hybridized carbons (Fsp3) is 0.455. The van der Waals surface area contributed by atoms with Crippen LogP contribution in [0.3, 0.4) is 0 Å². The van der Waals surface area contributed by atoms with Gasteiger partial charge >= 0.3 is 0 Å². The lowest BCUT2D eigenvalue weighted by Gasteiger charge is -2.21. The SMILES string of the molecule is COCC(C)(C)c1cc2nc[nH]c(=O)c2s1. The van der Waals surface area contributed by atoms with Crippen molar-refractivity contribution < 1.29 is 4.74 Å². The van der Waals surface area contributed by atoms with Gasteiger partial charge in [-0.3, -0.25) is 4.79 Å². The Kier molecular flexibility index (Phi) is 2.82. The molecule has 0 saturated carbocycles. The topological polar surface area (TPSA) is 55.0 Å². The van der Waals surface area contributed by atoms with Crippen molar-refractivity contribution in [2.75, 3.05) is 13.7 Å². The number of fused-ring (bicyclic) bond motifs is 1. The third kappa shape index (κ3) is 1.88. The minimum Gasteiger partial charge on any atom is -0.384 e. The van der Waals surface area contributed by atoms with Gasteiger partial charge in [0.25, 0.3) is 5.56 Å². The Morgan fingerprint density at radius 2 is 2.31 bits per heavy atom. The summed E-state index contributed by atoms with van der Waals surface area (Å²) >= 11 is 1.48. The molecule has 5 heteroatoms. The maximum Gasteiger partial charge on any atom is 0.268 e. The van der Waals surface area contributed by atoms with E-state index in [1.165, 1.54) is 17.7 Å². The molecule has 0 aliphatic carbocycles. The first-order valence-electron chi connectivity index (χ1n) is 5.01. The number of rotatable bonds is 3. The van der Waals surface area contributed by atoms with Gasteiger partial charge in [0.15, 0.2) is 0 Å². The van der Waals surface area contributed by atoms with E-state index < -0.39 is 0 Å². The smallest absolute Gasteiger partial charge is 0.268 e. The predicted molar refractivity (Wildman–Crippen MR) is 65.1 cm³/mol. The summed E-state index contributed by atoms with van der Waals surface area (Å²) in [4.78, 5) is 19.4. The van der Waals surface area contributed by atoms with Gasteiger partial charge in [-0.2, -0.15) is 0 Å². The molecule has 2 heterocycles. The first-order chi connectivity index (χ1) is 7.54. The Morgan fingerprint density at radius 1 is 1.56 bits per heavy atom. The molecule has 1 N–H and O–H groups in total. The highest BCUT2D eigenvalue weighted by Crippen LogP contribution is 2.32. The van der Waals surface area contributed by atoms with Crippen LogP contribution in [0.4, 0.5) is 0 Å². The second-order valence-corrected chi connectivity index (χ2v) is 5.43. The molecule has 2 rings (SSSR count). The van der Waals surface area contributed by atoms with Crippen LogP contribution in [0.15, 0.2) is 17.2 Å². The van der Waals surface area contributed by atoms with Gasteiger partial charge in [-0.15, -0.1) is 11.3 Å². The quantitative estimate of drug-likeness (QED) is 0.888. The Labute approximate surface area is 97.3 Å². The van der Waals surface area contributed by atoms with Crippen LogP contribution < -0.4 is 5.56 Å². The number of hydrogen-bond acceptors (Lipinski definition) is 4. The van der Waals surface area contributed by atoms with Gasteiger partial charge in [0.1, 0.15) is 4.70 Å². The van der Waals surface area contributed by atoms with E-state index in [9.17, 15) is 4.79 Å². The normalized spacial score (nSPS) is 12.2. The number of aromatic nitrogens is 2. The highest BCUT2D eigenvalue weighted by Gasteiger charge is 2.23. The van der Waals surface area contributed by atoms with Crippen LogP contribution in [0.2, 0.25) is 0 Å². The Balaban J connectivity index is 2.55. The first-order valence-corrected chi connectivity index (χ1v) is 5.83. The lowest BCUT2D eigenvalue weighted by molar-refractivity contribution is 0.148. The molecule has 0 saturated heterocycles. The minimum atomic E-state index is -0.0907. The van der Waals surface area contributed by atoms with Crippen molar-refractivity contribution in [3.8, 4) is 0 Å². The summed E-state index contributed by atoms with van der Waals surface area (Å²) in [5, 5.41) is 0. The van der Waals surface area contributed by atoms with E-state index in [2.05, 4.69) is 23.8 Å². The molecule has 0 aromatic carbocycles. The van der Waals surface area contributed by atoms with Gasteiger partial charge in [-0.1, -0.05) is 13.8 Å². The molecule has 2 aromatic rings. The zero-order valence-corrected chi connectivity index (χ0v) is 10.4. The summed E-state index contributed by atoms with van der Waals surface area (Å²) in [6, 6.07) is 1.97. The molecule has 86 valence electrons. The lowest BCUT2D eigenvalue weighted by Crippen LogP contribution is -2.21. The fourth-order valence-corrected chi connectivity index (χ4v) is 2.72. The molecule has 16 heavy (non-hydrogen) atoms. The summed E-state index contributed by atoms with van der Waals surface area (Å²) in [6.07, 6.45) is 1.44. The maximum atomic E-state index is 11.6. The van der Waals surface area contributed by atoms with Crippen molar-refractivity contribution in [1.82, 2.24) is 9.97 Å². The van der Waals surface area contributed by atoms with E-state index >= 15 is 0 Å². The van der Waals surface area contributed by atoms with Gasteiger partial charge in [0.05, 0.1) is 18.5 Å². The highest BCUT2D eigenvalue weighted by atomic mass is 32.1. The molecular formula is C11H14N2O2S. The standard InChI is InChI=1S/C11H14N2O2S/c1-11(2,5-15-3)8-4-7-9(16-8)10(14)13-6-12-7/h4,6H,5H2,1-3H3,(H,12,13,14). The number of nitrogens with zero attached hydrogens (tertiary/aromatic N) is 1. The van der Waals surface area contributed by atoms with E-state index in [-0.39, 0.29) is 11.0 Å². The number of methoxy groups -OCH3 is 1. The van der Waals surface area contributed by atoms with Crippen LogP contribution in [0.5, 0.6) is 0 Å². The molecule has 2 aromatic heterocycles. The molecule has 0 amide bonds. The van der Waals surface area contributed by atoms with Crippen molar-refractivity contribution in [2.45, 2.75) is 19.3 Å². The van der Waals surface area contributed by atoms with E-state index in [0.717, 1.165) is 10.4 Å². The number of nitrogens with one attached hydrogen (secondary N) is 1. The number of hydrogen-bond donors (Lipinski definition) is 1. The number of H-pyrrole nitrogens is 1. The molecule has 0 radical (unpaired) electrons. The Morgan fingerprint density at radius 3 is 2.94 bits per heavy atom. The highest BCUT2D eigenvalue weighted by molar-refractivity contribution is 7.19. The van der Waals surface area contributed by atoms with Crippen LogP contribution in [-0.4, -0.2) is 23.7 Å². The van der Waals surface area contributed by atoms with Gasteiger partial charge < -0.3 is 9.72 Å². The van der Waals surface area contributed by atoms with Crippen LogP contribution in [0.1, 0.15) is 18.7 Å². The van der Waals surface area contributed by atoms with Gasteiger partial charge in [-0.05, 0) is 6.07 Å². The van der Waals surface area contributed by atoms with Crippen molar-refractivity contribution in [3.63, 3.8) is 0 Å². The summed E-state index contributed by atoms with van der Waals surface area (Å²) in [7, 11) is 1.68. The largest absolute Gasteiger partial charge is 0.384 e. The molecular weight excluding hydrogens is 224 g/mol. The van der Waals surface area contributed by atoms with Crippen LogP contribution in [0.25, 0.3) is 10.2 Å². The van der Waals surface area contributed by atoms with Gasteiger partial charge in [-0.25, -0.2) is 4.98 Å². The predicted octanol–water partition coefficient (Wildman–Crippen LogP) is 1.91. The van der Waals surface area contributed by atoms with Gasteiger partial charge in [0.2, 0.25) is 0 Å². The molecule has 0 fully saturated rings. The minimum absolute atomic E-state index is 0.0746. The van der Waals surface area contributed by atoms with E-state index in [1.54, 1.807) is 7.11 Å². The second-order valence-electron chi connectivity index (χ2n) is 4.37. The third-order valence-electron chi connectivity index (χ3n) is 2.49. The van der Waals surface area contributed by atoms with Gasteiger partial charge in [0, 0.05) is 17.4 Å². The summed E-state index contributed by atoms with van der Waals surface area (Å²) in [5.41, 5.74) is 0.592. The Bertz CT molecular complexity index is 556. The van der Waals surface area contributed by atoms with Crippen molar-refractivity contribution >= 4 is 21.6 Å². The summed E-state index contributed by atoms with van der Waals surface area (Å²) in [5.74, 6) is 0. The average Bonchev–Trinajstić information content (AvgIpc) is 2.63. The number of aromatic amines is 1. The van der Waals surface area contributed by atoms with Crippen molar-refractivity contribution in [3.05, 3.63) is 27.6 Å². The zero-order chi connectivity index (χ0) is 11.8. The van der Waals surface area contributed by atoms with E-state index in [4.69, 9.17) is 4.74 Å². The van der Waals surface area contributed by atoms with Crippen molar-refractivity contribution in [1.29, 1.82) is 0 Å². The molecule has 0 unspecified atom stereocenters. The fourth-order valence-electron chi connectivity index (χ4n) is 1.63. The van der Waals surface area contributed by atoms with Crippen LogP contribution in [0, 0.1) is 0 Å². The Hall–Kier alpha value is -1.20. The molecule has 4 nitrogen and oxygen atoms in total. The summed E-state index contributed by atoms with van der Waals surface area (Å²) < 4.78 is 5.87. The molecule has 0 bridgehead atoms. The molecule has 0 spiro atoms. The number of ether oxygens (including phenoxy) is 1. The van der Waals surface area contributed by atoms with Crippen LogP contribution >= 0.6 is 11.3 Å². The molecule has 0 aliphatic rings. The van der Waals surface area contributed by atoms with Crippen molar-refractivity contribution in [2.24, 2.45) is 0 Å². The second kappa shape index (κ2) is 3.99. The zero-order valence-electron chi connectivity index (χ0n) is 9.53. The average molecular weight is 238 g/mol. The molecule has 0 aliphatic heterocycles. The third-order valence-corrected chi connectivity index (χ3v) is 3.98. The first kappa shape index (κ1) is 11.3. The summed E-state index contributed by atoms with van der Waals surface area (Å²) in [6.45, 7) is 4.81. The lowest BCUT2D eigenvalue weighted by atomic mass is 9.93. The monoisotopic (exact) mass is 238 g/mol. The maximum absolute atomic E-state index is 11.6. The molecule has 0 atom stereocenters. The number of thiophene rings is 1. The van der Waals surface area contributed by atoms with Crippen LogP contribution in [-0.2, 0) is 10.2 Å².